The predicted octanol–water partition coefficient (Wildman–Crippen LogP) is 2.83. The van der Waals surface area contributed by atoms with Crippen LogP contribution in [0.2, 0.25) is 10.0 Å². The highest BCUT2D eigenvalue weighted by Crippen LogP contribution is 2.30. The molecule has 116 valence electrons. The van der Waals surface area contributed by atoms with Gasteiger partial charge >= 0.3 is 0 Å². The van der Waals surface area contributed by atoms with Crippen molar-refractivity contribution in [3.8, 4) is 0 Å². The molecule has 0 fully saturated rings. The molecule has 1 aromatic rings. The van der Waals surface area contributed by atoms with E-state index in [1.54, 1.807) is 0 Å². The molecule has 0 aliphatic heterocycles. The van der Waals surface area contributed by atoms with Gasteiger partial charge in [-0.3, -0.25) is 0 Å². The van der Waals surface area contributed by atoms with Crippen molar-refractivity contribution in [2.75, 3.05) is 19.6 Å². The van der Waals surface area contributed by atoms with E-state index in [0.29, 0.717) is 6.54 Å². The Balaban J connectivity index is 0.00000361. The minimum Gasteiger partial charge on any atom is -0.315 e. The van der Waals surface area contributed by atoms with Gasteiger partial charge in [0.25, 0.3) is 0 Å². The first kappa shape index (κ1) is 19.9. The van der Waals surface area contributed by atoms with E-state index in [1.807, 2.05) is 6.92 Å². The SMILES string of the molecule is CCCNCCNS(=O)(=O)c1c(Cl)cc(F)cc1Cl.Cl. The zero-order chi connectivity index (χ0) is 14.5. The van der Waals surface area contributed by atoms with Crippen molar-refractivity contribution in [1.29, 1.82) is 0 Å². The van der Waals surface area contributed by atoms with E-state index < -0.39 is 15.8 Å². The molecule has 0 radical (unpaired) electrons. The van der Waals surface area contributed by atoms with Crippen LogP contribution in [0.4, 0.5) is 4.39 Å². The van der Waals surface area contributed by atoms with Gasteiger partial charge in [-0.1, -0.05) is 30.1 Å². The summed E-state index contributed by atoms with van der Waals surface area (Å²) in [6, 6.07) is 1.83. The van der Waals surface area contributed by atoms with E-state index in [9.17, 15) is 12.8 Å². The number of hydrogen-bond acceptors (Lipinski definition) is 3. The first-order chi connectivity index (χ1) is 8.88. The first-order valence-corrected chi connectivity index (χ1v) is 7.97. The number of rotatable bonds is 7. The van der Waals surface area contributed by atoms with Crippen LogP contribution in [0.25, 0.3) is 0 Å². The molecule has 9 heteroatoms. The highest BCUT2D eigenvalue weighted by Gasteiger charge is 2.22. The fraction of sp³-hybridized carbons (Fsp3) is 0.455. The Morgan fingerprint density at radius 1 is 1.15 bits per heavy atom. The van der Waals surface area contributed by atoms with Crippen LogP contribution in [0.1, 0.15) is 13.3 Å². The molecular formula is C11H16Cl3FN2O2S. The molecular weight excluding hydrogens is 350 g/mol. The third kappa shape index (κ3) is 5.71. The molecule has 0 aliphatic rings. The lowest BCUT2D eigenvalue weighted by Gasteiger charge is -2.10. The molecule has 0 heterocycles. The summed E-state index contributed by atoms with van der Waals surface area (Å²) in [7, 11) is -3.85. The molecule has 2 N–H and O–H groups in total. The van der Waals surface area contributed by atoms with Crippen LogP contribution in [0, 0.1) is 5.82 Å². The highest BCUT2D eigenvalue weighted by molar-refractivity contribution is 7.89. The van der Waals surface area contributed by atoms with Gasteiger partial charge in [0.15, 0.2) is 0 Å². The van der Waals surface area contributed by atoms with Crippen molar-refractivity contribution in [3.05, 3.63) is 28.0 Å². The zero-order valence-corrected chi connectivity index (χ0v) is 13.9. The lowest BCUT2D eigenvalue weighted by molar-refractivity contribution is 0.575. The summed E-state index contributed by atoms with van der Waals surface area (Å²) in [6.07, 6.45) is 0.961. The molecule has 0 unspecified atom stereocenters. The molecule has 0 saturated heterocycles. The van der Waals surface area contributed by atoms with E-state index in [2.05, 4.69) is 10.0 Å². The molecule has 4 nitrogen and oxygen atoms in total. The highest BCUT2D eigenvalue weighted by atomic mass is 35.5. The number of benzene rings is 1. The van der Waals surface area contributed by atoms with Crippen molar-refractivity contribution in [1.82, 2.24) is 10.0 Å². The molecule has 0 atom stereocenters. The largest absolute Gasteiger partial charge is 0.315 e. The van der Waals surface area contributed by atoms with Gasteiger partial charge in [0.2, 0.25) is 10.0 Å². The maximum absolute atomic E-state index is 13.0. The minimum absolute atomic E-state index is 0. The van der Waals surface area contributed by atoms with Gasteiger partial charge in [0.05, 0.1) is 10.0 Å². The average Bonchev–Trinajstić information content (AvgIpc) is 2.26. The van der Waals surface area contributed by atoms with Gasteiger partial charge in [0.1, 0.15) is 10.7 Å². The Hall–Kier alpha value is -0.110. The van der Waals surface area contributed by atoms with E-state index >= 15 is 0 Å². The summed E-state index contributed by atoms with van der Waals surface area (Å²) in [5.74, 6) is -0.682. The molecule has 0 amide bonds. The van der Waals surface area contributed by atoms with E-state index in [0.717, 1.165) is 25.1 Å². The number of nitrogens with one attached hydrogen (secondary N) is 2. The van der Waals surface area contributed by atoms with Gasteiger partial charge < -0.3 is 5.32 Å². The Morgan fingerprint density at radius 2 is 1.70 bits per heavy atom. The van der Waals surface area contributed by atoms with E-state index in [1.165, 1.54) is 0 Å². The van der Waals surface area contributed by atoms with Crippen molar-refractivity contribution in [3.63, 3.8) is 0 Å². The molecule has 0 saturated carbocycles. The molecule has 0 aromatic heterocycles. The van der Waals surface area contributed by atoms with Crippen molar-refractivity contribution in [2.24, 2.45) is 0 Å². The van der Waals surface area contributed by atoms with Crippen LogP contribution in [0.3, 0.4) is 0 Å². The number of sulfonamides is 1. The van der Waals surface area contributed by atoms with Gasteiger partial charge in [-0.15, -0.1) is 12.4 Å². The van der Waals surface area contributed by atoms with E-state index in [-0.39, 0.29) is 33.9 Å². The summed E-state index contributed by atoms with van der Waals surface area (Å²) in [6.45, 7) is 3.50. The summed E-state index contributed by atoms with van der Waals surface area (Å²) < 4.78 is 39.3. The van der Waals surface area contributed by atoms with Crippen LogP contribution in [0.15, 0.2) is 17.0 Å². The third-order valence-corrected chi connectivity index (χ3v) is 4.63. The molecule has 1 aromatic carbocycles. The second kappa shape index (κ2) is 9.02. The topological polar surface area (TPSA) is 58.2 Å². The lowest BCUT2D eigenvalue weighted by Crippen LogP contribution is -2.32. The van der Waals surface area contributed by atoms with Crippen LogP contribution in [0.5, 0.6) is 0 Å². The summed E-state index contributed by atoms with van der Waals surface area (Å²) in [5, 5.41) is 2.57. The smallest absolute Gasteiger partial charge is 0.243 e. The molecule has 0 spiro atoms. The Morgan fingerprint density at radius 3 is 2.20 bits per heavy atom. The second-order valence-corrected chi connectivity index (χ2v) is 6.36. The fourth-order valence-corrected chi connectivity index (χ4v) is 3.65. The Labute approximate surface area is 134 Å². The second-order valence-electron chi connectivity index (χ2n) is 3.85. The Kier molecular flexibility index (Phi) is 8.97. The summed E-state index contributed by atoms with van der Waals surface area (Å²) in [5.41, 5.74) is 0. The number of hydrogen-bond donors (Lipinski definition) is 2. The van der Waals surface area contributed by atoms with Gasteiger partial charge in [-0.2, -0.15) is 0 Å². The maximum atomic E-state index is 13.0. The Bertz CT molecular complexity index is 517. The average molecular weight is 366 g/mol. The molecule has 1 rings (SSSR count). The lowest BCUT2D eigenvalue weighted by atomic mass is 10.3. The predicted molar refractivity (Wildman–Crippen MR) is 82.0 cm³/mol. The fourth-order valence-electron chi connectivity index (χ4n) is 1.43. The zero-order valence-electron chi connectivity index (χ0n) is 10.8. The molecule has 0 aliphatic carbocycles. The van der Waals surface area contributed by atoms with Crippen LogP contribution in [-0.4, -0.2) is 28.1 Å². The standard InChI is InChI=1S/C11H15Cl2FN2O2S.ClH/c1-2-3-15-4-5-16-19(17,18)11-9(12)6-8(14)7-10(11)13;/h6-7,15-16H,2-5H2,1H3;1H. The first-order valence-electron chi connectivity index (χ1n) is 5.73. The van der Waals surface area contributed by atoms with Gasteiger partial charge in [-0.25, -0.2) is 17.5 Å². The molecule has 0 bridgehead atoms. The van der Waals surface area contributed by atoms with Crippen LogP contribution < -0.4 is 10.0 Å². The van der Waals surface area contributed by atoms with Gasteiger partial charge in [0, 0.05) is 13.1 Å². The summed E-state index contributed by atoms with van der Waals surface area (Å²) in [4.78, 5) is -0.298. The minimum atomic E-state index is -3.85. The van der Waals surface area contributed by atoms with Crippen molar-refractivity contribution in [2.45, 2.75) is 18.2 Å². The quantitative estimate of drug-likeness (QED) is 0.731. The van der Waals surface area contributed by atoms with Crippen molar-refractivity contribution >= 4 is 45.6 Å². The normalized spacial score (nSPS) is 11.2. The molecule has 20 heavy (non-hydrogen) atoms. The van der Waals surface area contributed by atoms with Crippen molar-refractivity contribution < 1.29 is 12.8 Å². The maximum Gasteiger partial charge on any atom is 0.243 e. The van der Waals surface area contributed by atoms with E-state index in [4.69, 9.17) is 23.2 Å². The number of halogens is 4. The monoisotopic (exact) mass is 364 g/mol. The van der Waals surface area contributed by atoms with Gasteiger partial charge in [-0.05, 0) is 25.1 Å². The summed E-state index contributed by atoms with van der Waals surface area (Å²) >= 11 is 11.4. The van der Waals surface area contributed by atoms with Crippen LogP contribution in [-0.2, 0) is 10.0 Å². The van der Waals surface area contributed by atoms with Crippen LogP contribution >= 0.6 is 35.6 Å². The third-order valence-electron chi connectivity index (χ3n) is 2.25.